The number of halogens is 1. The van der Waals surface area contributed by atoms with Crippen molar-refractivity contribution in [3.63, 3.8) is 0 Å². The van der Waals surface area contributed by atoms with Gasteiger partial charge in [-0.15, -0.1) is 12.4 Å². The molecule has 1 fully saturated rings. The molecule has 6 heteroatoms. The van der Waals surface area contributed by atoms with Crippen LogP contribution in [0.25, 0.3) is 0 Å². The van der Waals surface area contributed by atoms with Crippen LogP contribution in [0, 0.1) is 0 Å². The molecule has 0 unspecified atom stereocenters. The third-order valence-electron chi connectivity index (χ3n) is 3.56. The summed E-state index contributed by atoms with van der Waals surface area (Å²) in [6.45, 7) is 3.80. The monoisotopic (exact) mass is 325 g/mol. The second kappa shape index (κ2) is 10.2. The molecule has 0 aromatic heterocycles. The van der Waals surface area contributed by atoms with Crippen molar-refractivity contribution in [2.45, 2.75) is 19.3 Å². The van der Waals surface area contributed by atoms with E-state index in [1.807, 2.05) is 35.2 Å². The molecule has 0 bridgehead atoms. The highest BCUT2D eigenvalue weighted by Gasteiger charge is 2.14. The first kappa shape index (κ1) is 18.5. The van der Waals surface area contributed by atoms with Crippen molar-refractivity contribution < 1.29 is 9.59 Å². The predicted octanol–water partition coefficient (Wildman–Crippen LogP) is 0.979. The summed E-state index contributed by atoms with van der Waals surface area (Å²) in [5.41, 5.74) is 0.986. The number of amides is 2. The van der Waals surface area contributed by atoms with Crippen LogP contribution in [0.1, 0.15) is 18.4 Å². The molecule has 0 radical (unpaired) electrons. The number of carbonyl (C=O) groups is 2. The molecule has 2 amide bonds. The van der Waals surface area contributed by atoms with Gasteiger partial charge in [-0.1, -0.05) is 30.3 Å². The van der Waals surface area contributed by atoms with Gasteiger partial charge in [-0.2, -0.15) is 0 Å². The minimum atomic E-state index is -0.0356. The summed E-state index contributed by atoms with van der Waals surface area (Å²) in [4.78, 5) is 25.7. The Morgan fingerprint density at radius 1 is 1.14 bits per heavy atom. The Morgan fingerprint density at radius 2 is 1.91 bits per heavy atom. The number of hydrogen-bond acceptors (Lipinski definition) is 3. The van der Waals surface area contributed by atoms with Crippen LogP contribution < -0.4 is 10.6 Å². The molecule has 1 saturated heterocycles. The maximum atomic E-state index is 12.0. The van der Waals surface area contributed by atoms with Crippen LogP contribution in [0.5, 0.6) is 0 Å². The summed E-state index contributed by atoms with van der Waals surface area (Å²) >= 11 is 0. The molecule has 2 N–H and O–H groups in total. The van der Waals surface area contributed by atoms with Crippen LogP contribution in [0.3, 0.4) is 0 Å². The van der Waals surface area contributed by atoms with E-state index in [2.05, 4.69) is 10.6 Å². The molecule has 0 saturated carbocycles. The molecule has 1 aliphatic rings. The van der Waals surface area contributed by atoms with Gasteiger partial charge in [0.2, 0.25) is 11.8 Å². The molecule has 0 atom stereocenters. The summed E-state index contributed by atoms with van der Waals surface area (Å²) < 4.78 is 0. The van der Waals surface area contributed by atoms with Crippen LogP contribution >= 0.6 is 12.4 Å². The standard InChI is InChI=1S/C16H23N3O2.ClH/c20-15(13-14-5-2-1-3-6-14)18-9-7-16(21)19-11-4-8-17-10-12-19;/h1-3,5-6,17H,4,7-13H2,(H,18,20);1H. The molecular weight excluding hydrogens is 302 g/mol. The molecule has 5 nitrogen and oxygen atoms in total. The molecule has 22 heavy (non-hydrogen) atoms. The number of nitrogens with zero attached hydrogens (tertiary/aromatic N) is 1. The van der Waals surface area contributed by atoms with Gasteiger partial charge in [0.1, 0.15) is 0 Å². The van der Waals surface area contributed by atoms with Crippen molar-refractivity contribution in [2.24, 2.45) is 0 Å². The van der Waals surface area contributed by atoms with Crippen LogP contribution in [0.4, 0.5) is 0 Å². The van der Waals surface area contributed by atoms with Gasteiger partial charge in [-0.05, 0) is 18.5 Å². The van der Waals surface area contributed by atoms with Gasteiger partial charge >= 0.3 is 0 Å². The third kappa shape index (κ3) is 6.45. The summed E-state index contributed by atoms with van der Waals surface area (Å²) in [6, 6.07) is 9.61. The van der Waals surface area contributed by atoms with Crippen molar-refractivity contribution in [1.82, 2.24) is 15.5 Å². The average Bonchev–Trinajstić information content (AvgIpc) is 2.77. The first-order valence-corrected chi connectivity index (χ1v) is 7.55. The van der Waals surface area contributed by atoms with Crippen LogP contribution in [-0.4, -0.2) is 49.4 Å². The maximum Gasteiger partial charge on any atom is 0.224 e. The summed E-state index contributed by atoms with van der Waals surface area (Å²) in [5.74, 6) is 0.0882. The van der Waals surface area contributed by atoms with E-state index < -0.39 is 0 Å². The molecule has 122 valence electrons. The van der Waals surface area contributed by atoms with Crippen molar-refractivity contribution in [3.05, 3.63) is 35.9 Å². The zero-order valence-electron chi connectivity index (χ0n) is 12.7. The lowest BCUT2D eigenvalue weighted by Crippen LogP contribution is -2.37. The van der Waals surface area contributed by atoms with E-state index in [4.69, 9.17) is 0 Å². The van der Waals surface area contributed by atoms with E-state index in [9.17, 15) is 9.59 Å². The zero-order chi connectivity index (χ0) is 14.9. The molecule has 1 heterocycles. The normalized spacial score (nSPS) is 14.6. The first-order chi connectivity index (χ1) is 10.3. The van der Waals surface area contributed by atoms with E-state index in [0.717, 1.165) is 38.2 Å². The van der Waals surface area contributed by atoms with Crippen LogP contribution in [0.2, 0.25) is 0 Å². The van der Waals surface area contributed by atoms with Crippen molar-refractivity contribution in [2.75, 3.05) is 32.7 Å². The topological polar surface area (TPSA) is 61.4 Å². The van der Waals surface area contributed by atoms with Gasteiger partial charge in [0.05, 0.1) is 6.42 Å². The second-order valence-electron chi connectivity index (χ2n) is 5.25. The minimum absolute atomic E-state index is 0. The highest BCUT2D eigenvalue weighted by molar-refractivity contribution is 5.85. The fourth-order valence-corrected chi connectivity index (χ4v) is 2.41. The van der Waals surface area contributed by atoms with Gasteiger partial charge in [0.25, 0.3) is 0 Å². The van der Waals surface area contributed by atoms with Gasteiger partial charge in [-0.25, -0.2) is 0 Å². The third-order valence-corrected chi connectivity index (χ3v) is 3.56. The first-order valence-electron chi connectivity index (χ1n) is 7.55. The molecular formula is C16H24ClN3O2. The Balaban J connectivity index is 0.00000242. The predicted molar refractivity (Wildman–Crippen MR) is 89.1 cm³/mol. The van der Waals surface area contributed by atoms with Crippen molar-refractivity contribution >= 4 is 24.2 Å². The van der Waals surface area contributed by atoms with Gasteiger partial charge in [0.15, 0.2) is 0 Å². The van der Waals surface area contributed by atoms with Gasteiger partial charge in [0, 0.05) is 32.6 Å². The second-order valence-corrected chi connectivity index (χ2v) is 5.25. The average molecular weight is 326 g/mol. The van der Waals surface area contributed by atoms with Crippen molar-refractivity contribution in [3.8, 4) is 0 Å². The summed E-state index contributed by atoms with van der Waals surface area (Å²) in [6.07, 6.45) is 1.73. The molecule has 0 spiro atoms. The molecule has 1 aliphatic heterocycles. The Hall–Kier alpha value is -1.59. The highest BCUT2D eigenvalue weighted by Crippen LogP contribution is 2.00. The fourth-order valence-electron chi connectivity index (χ4n) is 2.41. The van der Waals surface area contributed by atoms with E-state index in [1.165, 1.54) is 0 Å². The Bertz CT molecular complexity index is 460. The lowest BCUT2D eigenvalue weighted by Gasteiger charge is -2.19. The molecule has 0 aliphatic carbocycles. The van der Waals surface area contributed by atoms with E-state index in [0.29, 0.717) is 19.4 Å². The summed E-state index contributed by atoms with van der Waals surface area (Å²) in [5, 5.41) is 6.08. The minimum Gasteiger partial charge on any atom is -0.355 e. The zero-order valence-corrected chi connectivity index (χ0v) is 13.5. The number of benzene rings is 1. The Kier molecular flexibility index (Phi) is 8.55. The Morgan fingerprint density at radius 3 is 2.68 bits per heavy atom. The van der Waals surface area contributed by atoms with Crippen LogP contribution in [0.15, 0.2) is 30.3 Å². The number of carbonyl (C=O) groups excluding carboxylic acids is 2. The molecule has 1 aromatic rings. The van der Waals surface area contributed by atoms with E-state index in [1.54, 1.807) is 0 Å². The largest absolute Gasteiger partial charge is 0.355 e. The molecule has 1 aromatic carbocycles. The number of nitrogens with one attached hydrogen (secondary N) is 2. The van der Waals surface area contributed by atoms with Crippen LogP contribution in [-0.2, 0) is 16.0 Å². The quantitative estimate of drug-likeness (QED) is 0.848. The maximum absolute atomic E-state index is 12.0. The smallest absolute Gasteiger partial charge is 0.224 e. The number of rotatable bonds is 5. The van der Waals surface area contributed by atoms with E-state index >= 15 is 0 Å². The SMILES string of the molecule is Cl.O=C(Cc1ccccc1)NCCC(=O)N1CCCNCC1. The van der Waals surface area contributed by atoms with E-state index in [-0.39, 0.29) is 24.2 Å². The Labute approximate surface area is 137 Å². The molecule has 2 rings (SSSR count). The fraction of sp³-hybridized carbons (Fsp3) is 0.500. The lowest BCUT2D eigenvalue weighted by molar-refractivity contribution is -0.131. The lowest BCUT2D eigenvalue weighted by atomic mass is 10.1. The van der Waals surface area contributed by atoms with Gasteiger partial charge < -0.3 is 15.5 Å². The summed E-state index contributed by atoms with van der Waals surface area (Å²) in [7, 11) is 0. The number of hydrogen-bond donors (Lipinski definition) is 2. The van der Waals surface area contributed by atoms with Crippen molar-refractivity contribution in [1.29, 1.82) is 0 Å². The van der Waals surface area contributed by atoms with Gasteiger partial charge in [-0.3, -0.25) is 9.59 Å². The highest BCUT2D eigenvalue weighted by atomic mass is 35.5.